The van der Waals surface area contributed by atoms with E-state index < -0.39 is 27.5 Å². The van der Waals surface area contributed by atoms with Crippen molar-refractivity contribution in [2.24, 2.45) is 0 Å². The Labute approximate surface area is 183 Å². The Bertz CT molecular complexity index is 911. The Hall–Kier alpha value is -2.91. The van der Waals surface area contributed by atoms with Crippen molar-refractivity contribution in [3.05, 3.63) is 60.2 Å². The molecular weight excluding hydrogens is 420 g/mol. The molecule has 3 rings (SSSR count). The molecule has 166 valence electrons. The van der Waals surface area contributed by atoms with Crippen LogP contribution in [-0.2, 0) is 26.9 Å². The molecule has 2 N–H and O–H groups in total. The molecule has 1 heterocycles. The Morgan fingerprint density at radius 1 is 1.10 bits per heavy atom. The Kier molecular flexibility index (Phi) is 7.64. The molecule has 1 atom stereocenters. The highest BCUT2D eigenvalue weighted by atomic mass is 32.2. The molecule has 1 aliphatic rings. The van der Waals surface area contributed by atoms with E-state index in [0.29, 0.717) is 36.6 Å². The first-order chi connectivity index (χ1) is 15.0. The average Bonchev–Trinajstić information content (AvgIpc) is 2.83. The summed E-state index contributed by atoms with van der Waals surface area (Å²) in [5.74, 6) is 0.0286. The molecule has 0 saturated carbocycles. The van der Waals surface area contributed by atoms with Gasteiger partial charge >= 0.3 is 6.09 Å². The number of nitrogens with zero attached hydrogens (tertiary/aromatic N) is 1. The maximum Gasteiger partial charge on any atom is 0.410 e. The number of amides is 2. The average molecular weight is 447 g/mol. The van der Waals surface area contributed by atoms with Crippen molar-refractivity contribution < 1.29 is 28.5 Å². The third-order valence-corrected chi connectivity index (χ3v) is 7.45. The van der Waals surface area contributed by atoms with Crippen molar-refractivity contribution in [3.8, 4) is 5.75 Å². The van der Waals surface area contributed by atoms with Gasteiger partial charge in [0.05, 0.1) is 22.7 Å². The van der Waals surface area contributed by atoms with Crippen LogP contribution in [-0.4, -0.2) is 51.3 Å². The van der Waals surface area contributed by atoms with Crippen LogP contribution in [0, 0.1) is 0 Å². The van der Waals surface area contributed by atoms with Crippen LogP contribution >= 0.6 is 0 Å². The van der Waals surface area contributed by atoms with Crippen LogP contribution in [0.2, 0.25) is 0 Å². The van der Waals surface area contributed by atoms with Gasteiger partial charge in [0.15, 0.2) is 0 Å². The molecule has 0 aliphatic carbocycles. The summed E-state index contributed by atoms with van der Waals surface area (Å²) in [5, 5.41) is 9.02. The molecule has 1 unspecified atom stereocenters. The number of hydrogen-bond donors (Lipinski definition) is 2. The van der Waals surface area contributed by atoms with Gasteiger partial charge in [-0.15, -0.1) is 0 Å². The van der Waals surface area contributed by atoms with Crippen molar-refractivity contribution in [2.45, 2.75) is 35.5 Å². The molecular formula is C22H26N2O6S. The molecule has 0 spiro atoms. The fourth-order valence-electron chi connectivity index (χ4n) is 3.62. The molecule has 0 bridgehead atoms. The van der Waals surface area contributed by atoms with Crippen molar-refractivity contribution in [2.75, 3.05) is 20.2 Å². The third-order valence-electron chi connectivity index (χ3n) is 5.41. The minimum atomic E-state index is -1.53. The number of carbonyl (C=O) groups is 2. The van der Waals surface area contributed by atoms with E-state index in [4.69, 9.17) is 14.7 Å². The van der Waals surface area contributed by atoms with E-state index >= 15 is 0 Å². The second-order valence-corrected chi connectivity index (χ2v) is 9.24. The standard InChI is InChI=1S/C22H26N2O6S/c1-29-18-7-9-19(10-8-18)31(28)22(15-20(25)23-27)11-13-24(14-12-22)21(26)30-16-17-5-3-2-4-6-17/h2-10,27H,11-16H2,1H3,(H,23,25). The van der Waals surface area contributed by atoms with Gasteiger partial charge in [-0.2, -0.15) is 0 Å². The van der Waals surface area contributed by atoms with Crippen LogP contribution in [0.5, 0.6) is 5.75 Å². The number of benzene rings is 2. The summed E-state index contributed by atoms with van der Waals surface area (Å²) in [4.78, 5) is 26.6. The van der Waals surface area contributed by atoms with Crippen molar-refractivity contribution >= 4 is 22.8 Å². The lowest BCUT2D eigenvalue weighted by Gasteiger charge is -2.40. The molecule has 2 aromatic rings. The van der Waals surface area contributed by atoms with Gasteiger partial charge in [0.2, 0.25) is 5.91 Å². The van der Waals surface area contributed by atoms with E-state index in [1.807, 2.05) is 30.3 Å². The molecule has 9 heteroatoms. The number of likely N-dealkylation sites (tertiary alicyclic amines) is 1. The highest BCUT2D eigenvalue weighted by Crippen LogP contribution is 2.36. The lowest BCUT2D eigenvalue weighted by molar-refractivity contribution is -0.130. The molecule has 1 saturated heterocycles. The highest BCUT2D eigenvalue weighted by Gasteiger charge is 2.43. The van der Waals surface area contributed by atoms with Crippen LogP contribution in [0.3, 0.4) is 0 Å². The molecule has 31 heavy (non-hydrogen) atoms. The van der Waals surface area contributed by atoms with Gasteiger partial charge in [-0.1, -0.05) is 30.3 Å². The predicted molar refractivity (Wildman–Crippen MR) is 114 cm³/mol. The summed E-state index contributed by atoms with van der Waals surface area (Å²) >= 11 is 0. The van der Waals surface area contributed by atoms with Gasteiger partial charge in [-0.3, -0.25) is 14.2 Å². The second kappa shape index (κ2) is 10.4. The molecule has 1 fully saturated rings. The molecule has 1 aliphatic heterocycles. The fourth-order valence-corrected chi connectivity index (χ4v) is 5.32. The highest BCUT2D eigenvalue weighted by molar-refractivity contribution is 7.86. The Balaban J connectivity index is 1.68. The number of rotatable bonds is 7. The summed E-state index contributed by atoms with van der Waals surface area (Å²) in [6.45, 7) is 0.772. The van der Waals surface area contributed by atoms with Crippen LogP contribution in [0.4, 0.5) is 4.79 Å². The third kappa shape index (κ3) is 5.62. The molecule has 0 radical (unpaired) electrons. The van der Waals surface area contributed by atoms with E-state index in [-0.39, 0.29) is 13.0 Å². The first kappa shape index (κ1) is 22.8. The van der Waals surface area contributed by atoms with Gasteiger partial charge in [0.1, 0.15) is 12.4 Å². The smallest absolute Gasteiger partial charge is 0.410 e. The van der Waals surface area contributed by atoms with Gasteiger partial charge in [-0.05, 0) is 42.7 Å². The summed E-state index contributed by atoms with van der Waals surface area (Å²) in [6.07, 6.45) is 0.105. The number of methoxy groups -OCH3 is 1. The summed E-state index contributed by atoms with van der Waals surface area (Å²) in [7, 11) is 0.0185. The SMILES string of the molecule is COc1ccc(S(=O)C2(CC(=O)NO)CCN(C(=O)OCc3ccccc3)CC2)cc1. The van der Waals surface area contributed by atoms with Crippen LogP contribution < -0.4 is 10.2 Å². The first-order valence-corrected chi connectivity index (χ1v) is 11.1. The largest absolute Gasteiger partial charge is 0.497 e. The summed E-state index contributed by atoms with van der Waals surface area (Å²) in [5.41, 5.74) is 2.53. The normalized spacial score (nSPS) is 16.3. The first-order valence-electron chi connectivity index (χ1n) is 9.92. The van der Waals surface area contributed by atoms with Gasteiger partial charge < -0.3 is 14.4 Å². The van der Waals surface area contributed by atoms with Crippen LogP contribution in [0.25, 0.3) is 0 Å². The molecule has 0 aromatic heterocycles. The minimum Gasteiger partial charge on any atom is -0.497 e. The minimum absolute atomic E-state index is 0.116. The zero-order valence-electron chi connectivity index (χ0n) is 17.3. The van der Waals surface area contributed by atoms with Gasteiger partial charge in [0.25, 0.3) is 0 Å². The number of carbonyl (C=O) groups excluding carboxylic acids is 2. The van der Waals surface area contributed by atoms with E-state index in [2.05, 4.69) is 0 Å². The Morgan fingerprint density at radius 2 is 1.74 bits per heavy atom. The zero-order valence-corrected chi connectivity index (χ0v) is 18.1. The number of hydrogen-bond acceptors (Lipinski definition) is 6. The maximum atomic E-state index is 13.4. The number of nitrogens with one attached hydrogen (secondary N) is 1. The quantitative estimate of drug-likeness (QED) is 0.501. The number of piperidine rings is 1. The lowest BCUT2D eigenvalue weighted by atomic mass is 9.92. The fraction of sp³-hybridized carbons (Fsp3) is 0.364. The number of hydroxylamine groups is 1. The van der Waals surface area contributed by atoms with E-state index in [0.717, 1.165) is 5.56 Å². The second-order valence-electron chi connectivity index (χ2n) is 7.37. The lowest BCUT2D eigenvalue weighted by Crippen LogP contribution is -2.50. The number of ether oxygens (including phenoxy) is 2. The van der Waals surface area contributed by atoms with E-state index in [9.17, 15) is 13.8 Å². The topological polar surface area (TPSA) is 105 Å². The van der Waals surface area contributed by atoms with E-state index in [1.54, 1.807) is 41.8 Å². The zero-order chi connectivity index (χ0) is 22.3. The Morgan fingerprint density at radius 3 is 2.32 bits per heavy atom. The summed E-state index contributed by atoms with van der Waals surface area (Å²) < 4.78 is 23.1. The predicted octanol–water partition coefficient (Wildman–Crippen LogP) is 2.87. The maximum absolute atomic E-state index is 13.4. The molecule has 8 nitrogen and oxygen atoms in total. The monoisotopic (exact) mass is 446 g/mol. The van der Waals surface area contributed by atoms with Crippen molar-refractivity contribution in [1.29, 1.82) is 0 Å². The summed E-state index contributed by atoms with van der Waals surface area (Å²) in [6, 6.07) is 16.2. The van der Waals surface area contributed by atoms with E-state index in [1.165, 1.54) is 0 Å². The van der Waals surface area contributed by atoms with Crippen LogP contribution in [0.15, 0.2) is 59.5 Å². The van der Waals surface area contributed by atoms with Crippen molar-refractivity contribution in [1.82, 2.24) is 10.4 Å². The molecule has 2 aromatic carbocycles. The van der Waals surface area contributed by atoms with Gasteiger partial charge in [0, 0.05) is 24.4 Å². The molecule has 2 amide bonds. The van der Waals surface area contributed by atoms with Crippen molar-refractivity contribution in [3.63, 3.8) is 0 Å². The van der Waals surface area contributed by atoms with Gasteiger partial charge in [-0.25, -0.2) is 10.3 Å². The van der Waals surface area contributed by atoms with Crippen LogP contribution in [0.1, 0.15) is 24.8 Å².